The van der Waals surface area contributed by atoms with Gasteiger partial charge in [-0.2, -0.15) is 0 Å². The molecule has 0 spiro atoms. The lowest BCUT2D eigenvalue weighted by Crippen LogP contribution is -2.37. The summed E-state index contributed by atoms with van der Waals surface area (Å²) < 4.78 is 12.8. The van der Waals surface area contributed by atoms with Crippen LogP contribution < -0.4 is 4.90 Å². The van der Waals surface area contributed by atoms with Crippen LogP contribution in [0.5, 0.6) is 0 Å². The van der Waals surface area contributed by atoms with Crippen LogP contribution in [0.25, 0.3) is 0 Å². The Balaban J connectivity index is 1.81. The van der Waals surface area contributed by atoms with Gasteiger partial charge in [0.25, 0.3) is 0 Å². The van der Waals surface area contributed by atoms with E-state index in [0.717, 1.165) is 43.3 Å². The van der Waals surface area contributed by atoms with Gasteiger partial charge in [0.2, 0.25) is 0 Å². The molecule has 3 nitrogen and oxygen atoms in total. The number of halogens is 1. The second kappa shape index (κ2) is 4.82. The number of aryl methyl sites for hydroxylation is 1. The summed E-state index contributed by atoms with van der Waals surface area (Å²) in [7, 11) is 0. The normalized spacial score (nSPS) is 24.3. The summed E-state index contributed by atoms with van der Waals surface area (Å²) in [6, 6.07) is 2.03. The summed E-state index contributed by atoms with van der Waals surface area (Å²) in [6.45, 7) is 3.61. The molecule has 1 aliphatic carbocycles. The molecule has 18 heavy (non-hydrogen) atoms. The number of rotatable bonds is 3. The van der Waals surface area contributed by atoms with Crippen LogP contribution in [-0.2, 0) is 0 Å². The second-order valence-electron chi connectivity index (χ2n) is 5.61. The highest BCUT2D eigenvalue weighted by Crippen LogP contribution is 2.38. The molecule has 1 atom stereocenters. The third-order valence-electron chi connectivity index (χ3n) is 3.86. The first-order valence-electron chi connectivity index (χ1n) is 6.93. The Morgan fingerprint density at radius 1 is 1.33 bits per heavy atom. The zero-order valence-corrected chi connectivity index (χ0v) is 10.9. The van der Waals surface area contributed by atoms with Gasteiger partial charge in [-0.15, -0.1) is 0 Å². The van der Waals surface area contributed by atoms with Gasteiger partial charge in [0.15, 0.2) is 0 Å². The van der Waals surface area contributed by atoms with Crippen LogP contribution in [0.2, 0.25) is 0 Å². The molecule has 3 rings (SSSR count). The maximum atomic E-state index is 12.8. The zero-order chi connectivity index (χ0) is 12.5. The quantitative estimate of drug-likeness (QED) is 0.825. The summed E-state index contributed by atoms with van der Waals surface area (Å²) >= 11 is 0. The van der Waals surface area contributed by atoms with E-state index in [-0.39, 0.29) is 12.6 Å². The van der Waals surface area contributed by atoms with Gasteiger partial charge in [0.1, 0.15) is 11.6 Å². The van der Waals surface area contributed by atoms with E-state index in [1.54, 1.807) is 0 Å². The Bertz CT molecular complexity index is 431. The van der Waals surface area contributed by atoms with E-state index >= 15 is 0 Å². The Labute approximate surface area is 107 Å². The molecule has 1 unspecified atom stereocenters. The number of alkyl halides is 1. The summed E-state index contributed by atoms with van der Waals surface area (Å²) in [4.78, 5) is 11.4. The molecule has 0 radical (unpaired) electrons. The predicted molar refractivity (Wildman–Crippen MR) is 69.7 cm³/mol. The van der Waals surface area contributed by atoms with Crippen molar-refractivity contribution in [1.82, 2.24) is 9.97 Å². The van der Waals surface area contributed by atoms with Gasteiger partial charge in [-0.05, 0) is 32.6 Å². The molecule has 2 heterocycles. The van der Waals surface area contributed by atoms with E-state index in [4.69, 9.17) is 0 Å². The maximum Gasteiger partial charge on any atom is 0.134 e. The van der Waals surface area contributed by atoms with Crippen molar-refractivity contribution in [3.63, 3.8) is 0 Å². The Morgan fingerprint density at radius 3 is 2.89 bits per heavy atom. The van der Waals surface area contributed by atoms with Crippen molar-refractivity contribution in [3.8, 4) is 0 Å². The van der Waals surface area contributed by atoms with Crippen molar-refractivity contribution in [2.45, 2.75) is 38.5 Å². The number of anilines is 1. The number of aromatic nitrogens is 2. The minimum Gasteiger partial charge on any atom is -0.356 e. The smallest absolute Gasteiger partial charge is 0.134 e. The monoisotopic (exact) mass is 249 g/mol. The lowest BCUT2D eigenvalue weighted by molar-refractivity contribution is 0.315. The fraction of sp³-hybridized carbons (Fsp3) is 0.714. The largest absolute Gasteiger partial charge is 0.356 e. The van der Waals surface area contributed by atoms with Crippen molar-refractivity contribution in [1.29, 1.82) is 0 Å². The molecule has 1 aliphatic heterocycles. The second-order valence-corrected chi connectivity index (χ2v) is 5.61. The third kappa shape index (κ3) is 2.47. The standard InChI is InChI=1S/C14H20FN3/c1-10-7-13(17-14(16-10)12-4-5-12)18-6-2-3-11(8-15)9-18/h7,11-12H,2-6,8-9H2,1H3. The molecule has 98 valence electrons. The molecule has 0 N–H and O–H groups in total. The van der Waals surface area contributed by atoms with Crippen molar-refractivity contribution < 1.29 is 4.39 Å². The van der Waals surface area contributed by atoms with Gasteiger partial charge < -0.3 is 4.90 Å². The summed E-state index contributed by atoms with van der Waals surface area (Å²) in [6.07, 6.45) is 4.51. The molecule has 0 amide bonds. The van der Waals surface area contributed by atoms with Gasteiger partial charge in [-0.3, -0.25) is 4.39 Å². The SMILES string of the molecule is Cc1cc(N2CCCC(CF)C2)nc(C2CC2)n1. The van der Waals surface area contributed by atoms with E-state index in [9.17, 15) is 4.39 Å². The Kier molecular flexibility index (Phi) is 3.18. The number of nitrogens with zero attached hydrogens (tertiary/aromatic N) is 3. The lowest BCUT2D eigenvalue weighted by atomic mass is 9.99. The molecule has 1 aromatic rings. The summed E-state index contributed by atoms with van der Waals surface area (Å²) in [5, 5.41) is 0. The van der Waals surface area contributed by atoms with Crippen LogP contribution in [0.15, 0.2) is 6.07 Å². The van der Waals surface area contributed by atoms with Crippen LogP contribution in [0.1, 0.15) is 43.1 Å². The third-order valence-corrected chi connectivity index (χ3v) is 3.86. The highest BCUT2D eigenvalue weighted by atomic mass is 19.1. The van der Waals surface area contributed by atoms with Crippen LogP contribution in [0.3, 0.4) is 0 Å². The topological polar surface area (TPSA) is 29.0 Å². The summed E-state index contributed by atoms with van der Waals surface area (Å²) in [5.74, 6) is 2.75. The van der Waals surface area contributed by atoms with Crippen molar-refractivity contribution in [2.24, 2.45) is 5.92 Å². The molecule has 1 saturated heterocycles. The Hall–Kier alpha value is -1.19. The average molecular weight is 249 g/mol. The summed E-state index contributed by atoms with van der Waals surface area (Å²) in [5.41, 5.74) is 1.03. The average Bonchev–Trinajstić information content (AvgIpc) is 3.22. The Morgan fingerprint density at radius 2 is 2.17 bits per heavy atom. The predicted octanol–water partition coefficient (Wildman–Crippen LogP) is 2.85. The van der Waals surface area contributed by atoms with Crippen molar-refractivity contribution >= 4 is 5.82 Å². The molecular formula is C14H20FN3. The molecule has 0 bridgehead atoms. The van der Waals surface area contributed by atoms with Crippen LogP contribution in [0, 0.1) is 12.8 Å². The molecule has 1 saturated carbocycles. The van der Waals surface area contributed by atoms with Gasteiger partial charge in [0, 0.05) is 36.7 Å². The van der Waals surface area contributed by atoms with Crippen molar-refractivity contribution in [3.05, 3.63) is 17.6 Å². The molecule has 2 aliphatic rings. The fourth-order valence-electron chi connectivity index (χ4n) is 2.66. The first kappa shape index (κ1) is 11.9. The minimum absolute atomic E-state index is 0.179. The van der Waals surface area contributed by atoms with Crippen LogP contribution in [-0.4, -0.2) is 29.7 Å². The molecular weight excluding hydrogens is 229 g/mol. The van der Waals surface area contributed by atoms with Gasteiger partial charge in [-0.25, -0.2) is 9.97 Å². The molecule has 4 heteroatoms. The van der Waals surface area contributed by atoms with E-state index in [1.807, 2.05) is 13.0 Å². The molecule has 2 fully saturated rings. The molecule has 0 aromatic carbocycles. The maximum absolute atomic E-state index is 12.8. The van der Waals surface area contributed by atoms with Gasteiger partial charge >= 0.3 is 0 Å². The van der Waals surface area contributed by atoms with E-state index in [0.29, 0.717) is 5.92 Å². The van der Waals surface area contributed by atoms with Crippen LogP contribution in [0.4, 0.5) is 10.2 Å². The number of piperidine rings is 1. The highest BCUT2D eigenvalue weighted by Gasteiger charge is 2.28. The zero-order valence-electron chi connectivity index (χ0n) is 10.9. The van der Waals surface area contributed by atoms with Crippen LogP contribution >= 0.6 is 0 Å². The van der Waals surface area contributed by atoms with E-state index in [1.165, 1.54) is 12.8 Å². The van der Waals surface area contributed by atoms with E-state index in [2.05, 4.69) is 14.9 Å². The number of hydrogen-bond donors (Lipinski definition) is 0. The molecule has 1 aromatic heterocycles. The number of hydrogen-bond acceptors (Lipinski definition) is 3. The van der Waals surface area contributed by atoms with Gasteiger partial charge in [-0.1, -0.05) is 0 Å². The van der Waals surface area contributed by atoms with Crippen molar-refractivity contribution in [2.75, 3.05) is 24.7 Å². The minimum atomic E-state index is -0.212. The first-order chi connectivity index (χ1) is 8.76. The van der Waals surface area contributed by atoms with E-state index < -0.39 is 0 Å². The lowest BCUT2D eigenvalue weighted by Gasteiger charge is -2.32. The highest BCUT2D eigenvalue weighted by molar-refractivity contribution is 5.41. The first-order valence-corrected chi connectivity index (χ1v) is 6.93. The van der Waals surface area contributed by atoms with Gasteiger partial charge in [0.05, 0.1) is 6.67 Å². The fourth-order valence-corrected chi connectivity index (χ4v) is 2.66.